The Labute approximate surface area is 165 Å². The van der Waals surface area contributed by atoms with Crippen LogP contribution >= 0.6 is 0 Å². The van der Waals surface area contributed by atoms with E-state index in [1.807, 2.05) is 0 Å². The lowest BCUT2D eigenvalue weighted by Gasteiger charge is -2.39. The summed E-state index contributed by atoms with van der Waals surface area (Å²) in [6, 6.07) is 4.69. The number of rotatable bonds is 4. The zero-order chi connectivity index (χ0) is 20.1. The SMILES string of the molecule is CC1(C)[C@@H]2CC[C@]1(C)[C@@H](NC(=O)c1cc([N+](=O)[O-])ccc1N1CCOCC1)C2. The van der Waals surface area contributed by atoms with Crippen molar-refractivity contribution in [1.29, 1.82) is 0 Å². The van der Waals surface area contributed by atoms with Crippen molar-refractivity contribution in [3.8, 4) is 0 Å². The Morgan fingerprint density at radius 3 is 2.57 bits per heavy atom. The number of nitro benzene ring substituents is 1. The number of fused-ring (bicyclic) bond motifs is 2. The van der Waals surface area contributed by atoms with E-state index in [1.165, 1.54) is 18.6 Å². The maximum Gasteiger partial charge on any atom is 0.270 e. The predicted octanol–water partition coefficient (Wildman–Crippen LogP) is 3.38. The summed E-state index contributed by atoms with van der Waals surface area (Å²) < 4.78 is 5.41. The Morgan fingerprint density at radius 2 is 2.00 bits per heavy atom. The number of morpholine rings is 1. The average molecular weight is 387 g/mol. The van der Waals surface area contributed by atoms with Gasteiger partial charge in [-0.2, -0.15) is 0 Å². The summed E-state index contributed by atoms with van der Waals surface area (Å²) in [6.07, 6.45) is 3.31. The van der Waals surface area contributed by atoms with Crippen LogP contribution in [0.15, 0.2) is 18.2 Å². The fourth-order valence-electron chi connectivity index (χ4n) is 5.56. The number of benzene rings is 1. The number of non-ortho nitro benzene ring substituents is 1. The number of hydrogen-bond acceptors (Lipinski definition) is 5. The van der Waals surface area contributed by atoms with Crippen molar-refractivity contribution in [2.45, 2.75) is 46.1 Å². The lowest BCUT2D eigenvalue weighted by atomic mass is 9.69. The first kappa shape index (κ1) is 19.2. The van der Waals surface area contributed by atoms with E-state index in [-0.39, 0.29) is 28.5 Å². The number of ether oxygens (including phenoxy) is 1. The number of carbonyl (C=O) groups is 1. The van der Waals surface area contributed by atoms with Crippen LogP contribution in [0.4, 0.5) is 11.4 Å². The Balaban J connectivity index is 1.63. The molecule has 28 heavy (non-hydrogen) atoms. The van der Waals surface area contributed by atoms with Gasteiger partial charge in [0.05, 0.1) is 29.4 Å². The highest BCUT2D eigenvalue weighted by Crippen LogP contribution is 2.65. The van der Waals surface area contributed by atoms with E-state index in [2.05, 4.69) is 31.0 Å². The van der Waals surface area contributed by atoms with Crippen molar-refractivity contribution >= 4 is 17.3 Å². The van der Waals surface area contributed by atoms with Crippen LogP contribution < -0.4 is 10.2 Å². The number of carbonyl (C=O) groups excluding carboxylic acids is 1. The van der Waals surface area contributed by atoms with Gasteiger partial charge in [0.2, 0.25) is 0 Å². The molecule has 1 saturated heterocycles. The molecular formula is C21H29N3O4. The van der Waals surface area contributed by atoms with Crippen LogP contribution in [-0.4, -0.2) is 43.2 Å². The Hall–Kier alpha value is -2.15. The number of nitrogens with zero attached hydrogens (tertiary/aromatic N) is 2. The molecule has 2 aliphatic carbocycles. The molecule has 0 aromatic heterocycles. The van der Waals surface area contributed by atoms with Gasteiger partial charge in [-0.15, -0.1) is 0 Å². The van der Waals surface area contributed by atoms with Crippen molar-refractivity contribution in [2.24, 2.45) is 16.7 Å². The zero-order valence-electron chi connectivity index (χ0n) is 16.9. The molecule has 3 fully saturated rings. The van der Waals surface area contributed by atoms with E-state index in [4.69, 9.17) is 4.74 Å². The van der Waals surface area contributed by atoms with Gasteiger partial charge in [-0.1, -0.05) is 20.8 Å². The minimum Gasteiger partial charge on any atom is -0.378 e. The maximum absolute atomic E-state index is 13.3. The Kier molecular flexibility index (Phi) is 4.61. The van der Waals surface area contributed by atoms with Gasteiger partial charge in [-0.05, 0) is 42.1 Å². The smallest absolute Gasteiger partial charge is 0.270 e. The van der Waals surface area contributed by atoms with Gasteiger partial charge >= 0.3 is 0 Å². The highest BCUT2D eigenvalue weighted by molar-refractivity contribution is 6.00. The second-order valence-corrected chi connectivity index (χ2v) is 9.19. The monoisotopic (exact) mass is 387 g/mol. The molecule has 2 saturated carbocycles. The molecule has 7 heteroatoms. The minimum absolute atomic E-state index is 0.0540. The summed E-state index contributed by atoms with van der Waals surface area (Å²) in [5, 5.41) is 14.5. The summed E-state index contributed by atoms with van der Waals surface area (Å²) in [4.78, 5) is 26.2. The average Bonchev–Trinajstić information content (AvgIpc) is 3.01. The first-order valence-corrected chi connectivity index (χ1v) is 10.2. The Morgan fingerprint density at radius 1 is 1.29 bits per heavy atom. The third-order valence-electron chi connectivity index (χ3n) is 7.89. The molecule has 1 aromatic rings. The summed E-state index contributed by atoms with van der Waals surface area (Å²) in [5.41, 5.74) is 1.34. The number of anilines is 1. The van der Waals surface area contributed by atoms with Crippen LogP contribution in [0.25, 0.3) is 0 Å². The molecule has 1 amide bonds. The van der Waals surface area contributed by atoms with E-state index in [0.717, 1.165) is 18.5 Å². The largest absolute Gasteiger partial charge is 0.378 e. The first-order valence-electron chi connectivity index (χ1n) is 10.2. The van der Waals surface area contributed by atoms with Crippen molar-refractivity contribution in [3.63, 3.8) is 0 Å². The summed E-state index contributed by atoms with van der Waals surface area (Å²) >= 11 is 0. The standard InChI is InChI=1S/C21H29N3O4/c1-20(2)14-6-7-21(20,3)18(12-14)22-19(25)16-13-15(24(26)27)4-5-17(16)23-8-10-28-11-9-23/h4-5,13-14,18H,6-12H2,1-3H3,(H,22,25)/t14-,18+,21-/m1/s1. The molecule has 3 aliphatic rings. The van der Waals surface area contributed by atoms with Crippen molar-refractivity contribution in [3.05, 3.63) is 33.9 Å². The first-order chi connectivity index (χ1) is 13.2. The molecule has 1 N–H and O–H groups in total. The van der Waals surface area contributed by atoms with Gasteiger partial charge in [0.25, 0.3) is 11.6 Å². The van der Waals surface area contributed by atoms with Crippen LogP contribution in [0, 0.1) is 26.9 Å². The number of nitro groups is 1. The molecule has 4 rings (SSSR count). The van der Waals surface area contributed by atoms with E-state index < -0.39 is 4.92 Å². The molecule has 7 nitrogen and oxygen atoms in total. The van der Waals surface area contributed by atoms with Gasteiger partial charge < -0.3 is 15.0 Å². The van der Waals surface area contributed by atoms with Gasteiger partial charge in [0.15, 0.2) is 0 Å². The molecule has 1 aromatic carbocycles. The van der Waals surface area contributed by atoms with Crippen LogP contribution in [0.1, 0.15) is 50.4 Å². The summed E-state index contributed by atoms with van der Waals surface area (Å²) in [6.45, 7) is 9.43. The second kappa shape index (κ2) is 6.72. The van der Waals surface area contributed by atoms with E-state index in [1.54, 1.807) is 6.07 Å². The molecule has 0 spiro atoms. The van der Waals surface area contributed by atoms with Crippen molar-refractivity contribution in [1.82, 2.24) is 5.32 Å². The maximum atomic E-state index is 13.3. The van der Waals surface area contributed by atoms with E-state index in [9.17, 15) is 14.9 Å². The predicted molar refractivity (Wildman–Crippen MR) is 107 cm³/mol. The van der Waals surface area contributed by atoms with Gasteiger partial charge in [0, 0.05) is 31.3 Å². The number of amides is 1. The van der Waals surface area contributed by atoms with Crippen LogP contribution in [-0.2, 0) is 4.74 Å². The van der Waals surface area contributed by atoms with Crippen LogP contribution in [0.2, 0.25) is 0 Å². The quantitative estimate of drug-likeness (QED) is 0.632. The molecule has 2 bridgehead atoms. The highest BCUT2D eigenvalue weighted by Gasteiger charge is 2.61. The topological polar surface area (TPSA) is 84.7 Å². The molecular weight excluding hydrogens is 358 g/mol. The molecule has 0 unspecified atom stereocenters. The highest BCUT2D eigenvalue weighted by atomic mass is 16.6. The molecule has 3 atom stereocenters. The molecule has 152 valence electrons. The third kappa shape index (κ3) is 2.87. The van der Waals surface area contributed by atoms with E-state index >= 15 is 0 Å². The third-order valence-corrected chi connectivity index (χ3v) is 7.89. The van der Waals surface area contributed by atoms with Crippen molar-refractivity contribution < 1.29 is 14.5 Å². The lowest BCUT2D eigenvalue weighted by molar-refractivity contribution is -0.384. The van der Waals surface area contributed by atoms with Crippen LogP contribution in [0.5, 0.6) is 0 Å². The lowest BCUT2D eigenvalue weighted by Crippen LogP contribution is -2.47. The number of hydrogen-bond donors (Lipinski definition) is 1. The van der Waals surface area contributed by atoms with Crippen LogP contribution in [0.3, 0.4) is 0 Å². The summed E-state index contributed by atoms with van der Waals surface area (Å²) in [5.74, 6) is 0.409. The molecule has 0 radical (unpaired) electrons. The fourth-order valence-corrected chi connectivity index (χ4v) is 5.56. The Bertz CT molecular complexity index is 803. The van der Waals surface area contributed by atoms with Crippen molar-refractivity contribution in [2.75, 3.05) is 31.2 Å². The van der Waals surface area contributed by atoms with Gasteiger partial charge in [-0.25, -0.2) is 0 Å². The number of nitrogens with one attached hydrogen (secondary N) is 1. The van der Waals surface area contributed by atoms with Gasteiger partial charge in [-0.3, -0.25) is 14.9 Å². The van der Waals surface area contributed by atoms with E-state index in [0.29, 0.717) is 37.8 Å². The minimum atomic E-state index is -0.443. The summed E-state index contributed by atoms with van der Waals surface area (Å²) in [7, 11) is 0. The zero-order valence-corrected chi connectivity index (χ0v) is 16.9. The second-order valence-electron chi connectivity index (χ2n) is 9.19. The van der Waals surface area contributed by atoms with Gasteiger partial charge in [0.1, 0.15) is 0 Å². The molecule has 1 aliphatic heterocycles. The normalized spacial score (nSPS) is 31.0. The molecule has 1 heterocycles. The fraction of sp³-hybridized carbons (Fsp3) is 0.667.